The van der Waals surface area contributed by atoms with Crippen LogP contribution in [-0.2, 0) is 0 Å². The van der Waals surface area contributed by atoms with Crippen molar-refractivity contribution in [1.82, 2.24) is 4.37 Å². The first-order valence-corrected chi connectivity index (χ1v) is 5.18. The van der Waals surface area contributed by atoms with E-state index in [-0.39, 0.29) is 6.61 Å². The number of aliphatic hydroxyl groups excluding tert-OH is 1. The van der Waals surface area contributed by atoms with E-state index in [1.165, 1.54) is 11.5 Å². The zero-order chi connectivity index (χ0) is 10.6. The molecule has 6 heteroatoms. The zero-order valence-corrected chi connectivity index (χ0v) is 9.17. The number of ether oxygens (including phenoxy) is 1. The average molecular weight is 217 g/mol. The van der Waals surface area contributed by atoms with Crippen molar-refractivity contribution >= 4 is 22.4 Å². The third-order valence-corrected chi connectivity index (χ3v) is 2.69. The first-order chi connectivity index (χ1) is 6.70. The number of nitrogens with two attached hydrogens (primary N) is 1. The summed E-state index contributed by atoms with van der Waals surface area (Å²) in [4.78, 5) is 1.87. The Morgan fingerprint density at radius 2 is 2.36 bits per heavy atom. The Morgan fingerprint density at radius 3 is 2.93 bits per heavy atom. The van der Waals surface area contributed by atoms with Gasteiger partial charge in [0.25, 0.3) is 0 Å². The summed E-state index contributed by atoms with van der Waals surface area (Å²) in [6.45, 7) is 3.09. The van der Waals surface area contributed by atoms with Gasteiger partial charge in [0.1, 0.15) is 0 Å². The van der Waals surface area contributed by atoms with E-state index in [2.05, 4.69) is 4.37 Å². The summed E-state index contributed by atoms with van der Waals surface area (Å²) in [6.07, 6.45) is 0. The maximum atomic E-state index is 8.80. The molecule has 0 fully saturated rings. The molecule has 1 aromatic rings. The Morgan fingerprint density at radius 1 is 1.64 bits per heavy atom. The lowest BCUT2D eigenvalue weighted by atomic mass is 10.5. The van der Waals surface area contributed by atoms with Crippen LogP contribution >= 0.6 is 11.5 Å². The fourth-order valence-corrected chi connectivity index (χ4v) is 1.80. The highest BCUT2D eigenvalue weighted by molar-refractivity contribution is 7.11. The van der Waals surface area contributed by atoms with Crippen molar-refractivity contribution in [2.24, 2.45) is 0 Å². The number of aromatic nitrogens is 1. The number of nitrogens with zero attached hydrogens (tertiary/aromatic N) is 2. The number of aliphatic hydroxyl groups is 1. The van der Waals surface area contributed by atoms with E-state index < -0.39 is 0 Å². The second-order valence-corrected chi connectivity index (χ2v) is 3.53. The van der Waals surface area contributed by atoms with E-state index in [0.29, 0.717) is 24.7 Å². The smallest absolute Gasteiger partial charge is 0.197 e. The minimum atomic E-state index is 0.0971. The van der Waals surface area contributed by atoms with Gasteiger partial charge in [-0.05, 0) is 18.5 Å². The van der Waals surface area contributed by atoms with Gasteiger partial charge in [0.2, 0.25) is 0 Å². The maximum absolute atomic E-state index is 8.80. The van der Waals surface area contributed by atoms with Gasteiger partial charge in [0.05, 0.1) is 13.2 Å². The van der Waals surface area contributed by atoms with Crippen LogP contribution in [0.15, 0.2) is 0 Å². The normalized spacial score (nSPS) is 10.2. The molecule has 1 aromatic heterocycles. The molecule has 0 amide bonds. The third kappa shape index (κ3) is 2.27. The van der Waals surface area contributed by atoms with Gasteiger partial charge in [-0.3, -0.25) is 0 Å². The Bertz CT molecular complexity index is 290. The van der Waals surface area contributed by atoms with Gasteiger partial charge in [-0.25, -0.2) is 0 Å². The molecule has 0 aliphatic rings. The molecule has 14 heavy (non-hydrogen) atoms. The molecule has 0 spiro atoms. The molecule has 0 aliphatic carbocycles. The van der Waals surface area contributed by atoms with Crippen LogP contribution in [0.5, 0.6) is 5.75 Å². The van der Waals surface area contributed by atoms with Crippen LogP contribution in [0.25, 0.3) is 0 Å². The number of hydrogen-bond acceptors (Lipinski definition) is 6. The molecule has 0 radical (unpaired) electrons. The molecular formula is C8H15N3O2S. The van der Waals surface area contributed by atoms with Crippen molar-refractivity contribution < 1.29 is 9.84 Å². The van der Waals surface area contributed by atoms with E-state index in [1.54, 1.807) is 0 Å². The highest BCUT2D eigenvalue weighted by Crippen LogP contribution is 2.37. The minimum Gasteiger partial charge on any atom is -0.487 e. The molecule has 3 N–H and O–H groups in total. The first-order valence-electron chi connectivity index (χ1n) is 4.40. The van der Waals surface area contributed by atoms with Crippen LogP contribution in [0.4, 0.5) is 10.8 Å². The maximum Gasteiger partial charge on any atom is 0.197 e. The van der Waals surface area contributed by atoms with Crippen molar-refractivity contribution in [2.45, 2.75) is 6.92 Å². The second kappa shape index (κ2) is 5.02. The molecule has 0 bridgehead atoms. The first kappa shape index (κ1) is 11.1. The summed E-state index contributed by atoms with van der Waals surface area (Å²) in [5.74, 6) is 1.03. The summed E-state index contributed by atoms with van der Waals surface area (Å²) in [5, 5.41) is 9.66. The molecular weight excluding hydrogens is 202 g/mol. The lowest BCUT2D eigenvalue weighted by Crippen LogP contribution is -2.20. The molecule has 0 aliphatic heterocycles. The van der Waals surface area contributed by atoms with Crippen LogP contribution in [0.2, 0.25) is 0 Å². The van der Waals surface area contributed by atoms with Gasteiger partial charge in [-0.2, -0.15) is 4.37 Å². The lowest BCUT2D eigenvalue weighted by molar-refractivity contribution is 0.303. The van der Waals surface area contributed by atoms with Gasteiger partial charge in [0.15, 0.2) is 16.6 Å². The second-order valence-electron chi connectivity index (χ2n) is 2.78. The lowest BCUT2D eigenvalue weighted by Gasteiger charge is -2.16. The van der Waals surface area contributed by atoms with Gasteiger partial charge in [0, 0.05) is 13.6 Å². The molecule has 0 unspecified atom stereocenters. The third-order valence-electron chi connectivity index (χ3n) is 1.73. The Labute approximate surface area is 87.3 Å². The van der Waals surface area contributed by atoms with Gasteiger partial charge >= 0.3 is 0 Å². The Hall–Kier alpha value is -1.01. The van der Waals surface area contributed by atoms with Crippen molar-refractivity contribution in [2.75, 3.05) is 37.4 Å². The standard InChI is InChI=1S/C8H15N3O2S/c1-3-13-6-7(9)10-14-8(6)11(2)4-5-12/h12H,3-5H2,1-2H3,(H2,9,10). The minimum absolute atomic E-state index is 0.0971. The van der Waals surface area contributed by atoms with Crippen molar-refractivity contribution in [3.63, 3.8) is 0 Å². The number of likely N-dealkylation sites (N-methyl/N-ethyl adjacent to an activating group) is 1. The Balaban J connectivity index is 2.84. The van der Waals surface area contributed by atoms with Crippen LogP contribution in [0.3, 0.4) is 0 Å². The molecule has 0 aromatic carbocycles. The van der Waals surface area contributed by atoms with Crippen molar-refractivity contribution in [3.8, 4) is 5.75 Å². The molecule has 0 saturated heterocycles. The van der Waals surface area contributed by atoms with Gasteiger partial charge < -0.3 is 20.5 Å². The number of hydrogen-bond donors (Lipinski definition) is 2. The number of anilines is 2. The van der Waals surface area contributed by atoms with Crippen LogP contribution in [-0.4, -0.2) is 36.3 Å². The number of rotatable bonds is 5. The van der Waals surface area contributed by atoms with E-state index in [0.717, 1.165) is 5.00 Å². The molecule has 1 rings (SSSR count). The fourth-order valence-electron chi connectivity index (χ4n) is 1.06. The van der Waals surface area contributed by atoms with Crippen LogP contribution in [0, 0.1) is 0 Å². The molecule has 80 valence electrons. The quantitative estimate of drug-likeness (QED) is 0.753. The predicted molar refractivity (Wildman–Crippen MR) is 58.1 cm³/mol. The monoisotopic (exact) mass is 217 g/mol. The Kier molecular flexibility index (Phi) is 3.97. The predicted octanol–water partition coefficient (Wildman–Crippen LogP) is 0.552. The van der Waals surface area contributed by atoms with Gasteiger partial charge in [-0.15, -0.1) is 0 Å². The summed E-state index contributed by atoms with van der Waals surface area (Å²) >= 11 is 1.28. The summed E-state index contributed by atoms with van der Waals surface area (Å²) in [7, 11) is 1.87. The molecule has 0 saturated carbocycles. The topological polar surface area (TPSA) is 71.6 Å². The highest BCUT2D eigenvalue weighted by atomic mass is 32.1. The summed E-state index contributed by atoms with van der Waals surface area (Å²) in [5.41, 5.74) is 5.65. The van der Waals surface area contributed by atoms with E-state index in [9.17, 15) is 0 Å². The molecule has 0 atom stereocenters. The van der Waals surface area contributed by atoms with Crippen LogP contribution < -0.4 is 15.4 Å². The van der Waals surface area contributed by atoms with Gasteiger partial charge in [-0.1, -0.05) is 0 Å². The number of nitrogen functional groups attached to an aromatic ring is 1. The summed E-state index contributed by atoms with van der Waals surface area (Å²) < 4.78 is 9.38. The molecule has 1 heterocycles. The van der Waals surface area contributed by atoms with Crippen LogP contribution in [0.1, 0.15) is 6.92 Å². The summed E-state index contributed by atoms with van der Waals surface area (Å²) in [6, 6.07) is 0. The van der Waals surface area contributed by atoms with E-state index in [1.807, 2.05) is 18.9 Å². The SMILES string of the molecule is CCOc1c(N)nsc1N(C)CCO. The average Bonchev–Trinajstić information content (AvgIpc) is 2.50. The molecule has 5 nitrogen and oxygen atoms in total. The fraction of sp³-hybridized carbons (Fsp3) is 0.625. The van der Waals surface area contributed by atoms with E-state index >= 15 is 0 Å². The van der Waals surface area contributed by atoms with E-state index in [4.69, 9.17) is 15.6 Å². The highest BCUT2D eigenvalue weighted by Gasteiger charge is 2.15. The zero-order valence-electron chi connectivity index (χ0n) is 8.36. The van der Waals surface area contributed by atoms with Crippen molar-refractivity contribution in [1.29, 1.82) is 0 Å². The largest absolute Gasteiger partial charge is 0.487 e. The van der Waals surface area contributed by atoms with Crippen molar-refractivity contribution in [3.05, 3.63) is 0 Å².